The molecular formula is C16H18BrNO3. The maximum Gasteiger partial charge on any atom is 0.419 e. The van der Waals surface area contributed by atoms with E-state index in [0.717, 1.165) is 9.86 Å². The second-order valence-electron chi connectivity index (χ2n) is 5.75. The molecule has 2 aromatic rings. The molecule has 0 aliphatic rings. The molecule has 1 aromatic carbocycles. The molecule has 0 aliphatic heterocycles. The van der Waals surface area contributed by atoms with E-state index in [9.17, 15) is 9.90 Å². The van der Waals surface area contributed by atoms with Gasteiger partial charge < -0.3 is 9.84 Å². The molecule has 1 unspecified atom stereocenters. The molecule has 0 bridgehead atoms. The lowest BCUT2D eigenvalue weighted by Gasteiger charge is -2.19. The Balaban J connectivity index is 2.63. The molecule has 0 saturated carbocycles. The predicted octanol–water partition coefficient (Wildman–Crippen LogP) is 4.41. The first-order valence-corrected chi connectivity index (χ1v) is 7.37. The normalized spacial score (nSPS) is 13.2. The Bertz CT molecular complexity index is 697. The summed E-state index contributed by atoms with van der Waals surface area (Å²) in [7, 11) is 0. The molecule has 1 heterocycles. The van der Waals surface area contributed by atoms with E-state index in [0.29, 0.717) is 11.1 Å². The minimum atomic E-state index is -0.852. The summed E-state index contributed by atoms with van der Waals surface area (Å²) in [4.78, 5) is 12.3. The van der Waals surface area contributed by atoms with Crippen LogP contribution < -0.4 is 0 Å². The maximum atomic E-state index is 12.3. The molecule has 1 atom stereocenters. The van der Waals surface area contributed by atoms with E-state index in [1.54, 1.807) is 6.20 Å². The number of carbonyl (C=O) groups is 1. The number of carbonyl (C=O) groups excluding carboxylic acids is 1. The first-order chi connectivity index (χ1) is 9.74. The van der Waals surface area contributed by atoms with Gasteiger partial charge in [-0.15, -0.1) is 6.58 Å². The fourth-order valence-corrected chi connectivity index (χ4v) is 2.67. The van der Waals surface area contributed by atoms with Gasteiger partial charge in [0.2, 0.25) is 0 Å². The van der Waals surface area contributed by atoms with Crippen LogP contribution in [0.25, 0.3) is 10.9 Å². The zero-order valence-corrected chi connectivity index (χ0v) is 13.8. The van der Waals surface area contributed by atoms with Gasteiger partial charge in [-0.1, -0.05) is 28.1 Å². The number of nitrogens with zero attached hydrogens (tertiary/aromatic N) is 1. The number of aliphatic hydroxyl groups is 1. The maximum absolute atomic E-state index is 12.3. The Morgan fingerprint density at radius 2 is 2.14 bits per heavy atom. The minimum Gasteiger partial charge on any atom is -0.443 e. The van der Waals surface area contributed by atoms with Crippen LogP contribution in [0.1, 0.15) is 32.4 Å². The van der Waals surface area contributed by atoms with Gasteiger partial charge in [-0.3, -0.25) is 4.57 Å². The lowest BCUT2D eigenvalue weighted by atomic mass is 10.1. The quantitative estimate of drug-likeness (QED) is 0.815. The van der Waals surface area contributed by atoms with Crippen LogP contribution in [-0.4, -0.2) is 21.4 Å². The highest BCUT2D eigenvalue weighted by Crippen LogP contribution is 2.33. The fourth-order valence-electron chi connectivity index (χ4n) is 2.09. The first-order valence-electron chi connectivity index (χ1n) is 6.58. The predicted molar refractivity (Wildman–Crippen MR) is 86.4 cm³/mol. The van der Waals surface area contributed by atoms with Crippen LogP contribution in [0.3, 0.4) is 0 Å². The van der Waals surface area contributed by atoms with Crippen molar-refractivity contribution in [3.8, 4) is 0 Å². The molecule has 4 nitrogen and oxygen atoms in total. The minimum absolute atomic E-state index is 0.479. The molecule has 0 amide bonds. The summed E-state index contributed by atoms with van der Waals surface area (Å²) >= 11 is 3.46. The monoisotopic (exact) mass is 351 g/mol. The average molecular weight is 352 g/mol. The summed E-state index contributed by atoms with van der Waals surface area (Å²) in [6.45, 7) is 9.03. The number of halogens is 1. The topological polar surface area (TPSA) is 51.5 Å². The average Bonchev–Trinajstić information content (AvgIpc) is 2.77. The third-order valence-corrected chi connectivity index (χ3v) is 3.60. The van der Waals surface area contributed by atoms with Crippen LogP contribution in [0.2, 0.25) is 0 Å². The van der Waals surface area contributed by atoms with Crippen LogP contribution in [0.4, 0.5) is 4.79 Å². The van der Waals surface area contributed by atoms with Gasteiger partial charge in [-0.2, -0.15) is 0 Å². The number of fused-ring (bicyclic) bond motifs is 1. The van der Waals surface area contributed by atoms with Crippen molar-refractivity contribution < 1.29 is 14.6 Å². The molecule has 1 aromatic heterocycles. The van der Waals surface area contributed by atoms with E-state index in [1.807, 2.05) is 39.0 Å². The number of hydrogen-bond acceptors (Lipinski definition) is 3. The molecule has 2 rings (SSSR count). The highest BCUT2D eigenvalue weighted by Gasteiger charge is 2.23. The van der Waals surface area contributed by atoms with Gasteiger partial charge in [-0.05, 0) is 32.9 Å². The molecule has 0 radical (unpaired) electrons. The summed E-state index contributed by atoms with van der Waals surface area (Å²) in [6, 6.07) is 5.50. The van der Waals surface area contributed by atoms with Crippen molar-refractivity contribution in [2.75, 3.05) is 0 Å². The number of rotatable bonds is 2. The number of aliphatic hydroxyl groups excluding tert-OH is 1. The van der Waals surface area contributed by atoms with E-state index in [4.69, 9.17) is 4.74 Å². The smallest absolute Gasteiger partial charge is 0.419 e. The van der Waals surface area contributed by atoms with Crippen molar-refractivity contribution in [1.29, 1.82) is 0 Å². The summed E-state index contributed by atoms with van der Waals surface area (Å²) < 4.78 is 7.61. The SMILES string of the molecule is C=CC(O)c1cn(C(=O)OC(C)(C)C)c2cccc(Br)c12. The third-order valence-electron chi connectivity index (χ3n) is 2.94. The Kier molecular flexibility index (Phi) is 4.25. The van der Waals surface area contributed by atoms with Gasteiger partial charge in [0.1, 0.15) is 5.60 Å². The second kappa shape index (κ2) is 5.66. The van der Waals surface area contributed by atoms with Gasteiger partial charge in [0.25, 0.3) is 0 Å². The van der Waals surface area contributed by atoms with E-state index in [-0.39, 0.29) is 0 Å². The van der Waals surface area contributed by atoms with Crippen molar-refractivity contribution >= 4 is 32.9 Å². The van der Waals surface area contributed by atoms with Crippen LogP contribution in [0.15, 0.2) is 41.5 Å². The highest BCUT2D eigenvalue weighted by atomic mass is 79.9. The zero-order valence-electron chi connectivity index (χ0n) is 12.3. The molecular weight excluding hydrogens is 334 g/mol. The lowest BCUT2D eigenvalue weighted by molar-refractivity contribution is 0.0544. The highest BCUT2D eigenvalue weighted by molar-refractivity contribution is 9.10. The van der Waals surface area contributed by atoms with Crippen LogP contribution >= 0.6 is 15.9 Å². The van der Waals surface area contributed by atoms with Crippen LogP contribution in [-0.2, 0) is 4.74 Å². The molecule has 0 aliphatic carbocycles. The van der Waals surface area contributed by atoms with E-state index in [1.165, 1.54) is 10.6 Å². The molecule has 21 heavy (non-hydrogen) atoms. The molecule has 0 spiro atoms. The molecule has 0 saturated heterocycles. The van der Waals surface area contributed by atoms with Crippen LogP contribution in [0.5, 0.6) is 0 Å². The largest absolute Gasteiger partial charge is 0.443 e. The van der Waals surface area contributed by atoms with Gasteiger partial charge >= 0.3 is 6.09 Å². The standard InChI is InChI=1S/C16H18BrNO3/c1-5-13(19)10-9-18(15(20)21-16(2,3)4)12-8-6-7-11(17)14(10)12/h5-9,13,19H,1H2,2-4H3. The summed E-state index contributed by atoms with van der Waals surface area (Å²) in [6.07, 6.45) is 1.69. The van der Waals surface area contributed by atoms with E-state index >= 15 is 0 Å². The van der Waals surface area contributed by atoms with Gasteiger partial charge in [0, 0.05) is 21.6 Å². The fraction of sp³-hybridized carbons (Fsp3) is 0.312. The van der Waals surface area contributed by atoms with Crippen molar-refractivity contribution in [1.82, 2.24) is 4.57 Å². The Morgan fingerprint density at radius 1 is 1.48 bits per heavy atom. The molecule has 112 valence electrons. The van der Waals surface area contributed by atoms with Gasteiger partial charge in [0.15, 0.2) is 0 Å². The van der Waals surface area contributed by atoms with Gasteiger partial charge in [0.05, 0.1) is 11.6 Å². The molecule has 5 heteroatoms. The summed E-state index contributed by atoms with van der Waals surface area (Å²) in [5.74, 6) is 0. The summed E-state index contributed by atoms with van der Waals surface area (Å²) in [5, 5.41) is 10.8. The second-order valence-corrected chi connectivity index (χ2v) is 6.60. The van der Waals surface area contributed by atoms with Crippen molar-refractivity contribution in [2.24, 2.45) is 0 Å². The van der Waals surface area contributed by atoms with Gasteiger partial charge in [-0.25, -0.2) is 4.79 Å². The van der Waals surface area contributed by atoms with Crippen LogP contribution in [0, 0.1) is 0 Å². The van der Waals surface area contributed by atoms with Crippen molar-refractivity contribution in [2.45, 2.75) is 32.5 Å². The third kappa shape index (κ3) is 3.19. The zero-order chi connectivity index (χ0) is 15.8. The Hall–Kier alpha value is -1.59. The number of hydrogen-bond donors (Lipinski definition) is 1. The molecule has 0 fully saturated rings. The Labute approximate surface area is 132 Å². The number of benzene rings is 1. The molecule has 1 N–H and O–H groups in total. The van der Waals surface area contributed by atoms with Crippen molar-refractivity contribution in [3.05, 3.63) is 47.1 Å². The summed E-state index contributed by atoms with van der Waals surface area (Å²) in [5.41, 5.74) is 0.699. The first kappa shape index (κ1) is 15.8. The lowest BCUT2D eigenvalue weighted by Crippen LogP contribution is -2.26. The van der Waals surface area contributed by atoms with E-state index < -0.39 is 17.8 Å². The Morgan fingerprint density at radius 3 is 2.71 bits per heavy atom. The van der Waals surface area contributed by atoms with E-state index in [2.05, 4.69) is 22.5 Å². The number of aromatic nitrogens is 1. The van der Waals surface area contributed by atoms with Crippen molar-refractivity contribution in [3.63, 3.8) is 0 Å². The number of ether oxygens (including phenoxy) is 1.